The average Bonchev–Trinajstić information content (AvgIpc) is 2.60. The van der Waals surface area contributed by atoms with Gasteiger partial charge in [0.2, 0.25) is 0 Å². The summed E-state index contributed by atoms with van der Waals surface area (Å²) in [7, 11) is -1.29. The first-order chi connectivity index (χ1) is 11.6. The summed E-state index contributed by atoms with van der Waals surface area (Å²) < 4.78 is 0. The molecular formula is C22H36ClOP. The zero-order valence-electron chi connectivity index (χ0n) is 16.6. The van der Waals surface area contributed by atoms with Crippen molar-refractivity contribution in [2.24, 2.45) is 0 Å². The van der Waals surface area contributed by atoms with Crippen LogP contribution in [-0.4, -0.2) is 24.3 Å². The van der Waals surface area contributed by atoms with E-state index in [2.05, 4.69) is 51.1 Å². The van der Waals surface area contributed by atoms with Gasteiger partial charge in [0.15, 0.2) is 5.78 Å². The Morgan fingerprint density at radius 3 is 1.68 bits per heavy atom. The number of benzene rings is 1. The molecule has 0 saturated heterocycles. The Hall–Kier alpha value is -0.650. The third-order valence-electron chi connectivity index (χ3n) is 4.74. The summed E-state index contributed by atoms with van der Waals surface area (Å²) in [5, 5.41) is 1.39. The summed E-state index contributed by atoms with van der Waals surface area (Å²) in [5.41, 5.74) is 1.28. The Morgan fingerprint density at radius 1 is 0.880 bits per heavy atom. The van der Waals surface area contributed by atoms with Crippen molar-refractivity contribution in [3.05, 3.63) is 42.0 Å². The van der Waals surface area contributed by atoms with Crippen LogP contribution in [0.3, 0.4) is 0 Å². The fourth-order valence-corrected chi connectivity index (χ4v) is 8.69. The number of hydrogen-bond donors (Lipinski definition) is 0. The van der Waals surface area contributed by atoms with Gasteiger partial charge in [0.25, 0.3) is 0 Å². The third kappa shape index (κ3) is 8.06. The number of unbranched alkanes of at least 4 members (excludes halogenated alkanes) is 3. The molecule has 1 aromatic rings. The maximum atomic E-state index is 12.0. The van der Waals surface area contributed by atoms with Gasteiger partial charge < -0.3 is 12.4 Å². The smallest absolute Gasteiger partial charge is 0.156 e. The molecule has 0 unspecified atom stereocenters. The minimum atomic E-state index is -1.29. The Bertz CT molecular complexity index is 488. The maximum Gasteiger partial charge on any atom is 0.156 e. The SMILES string of the molecule is CCCC[P+](CCCC)(CCCC)C(=CC(C)=O)c1ccccc1.[Cl-]. The number of carbonyl (C=O) groups is 1. The van der Waals surface area contributed by atoms with Crippen LogP contribution in [0.25, 0.3) is 5.31 Å². The molecule has 0 heterocycles. The first-order valence-electron chi connectivity index (χ1n) is 9.74. The molecule has 0 amide bonds. The van der Waals surface area contributed by atoms with E-state index >= 15 is 0 Å². The van der Waals surface area contributed by atoms with Crippen molar-refractivity contribution < 1.29 is 17.2 Å². The number of hydrogen-bond acceptors (Lipinski definition) is 1. The zero-order chi connectivity index (χ0) is 17.8. The zero-order valence-corrected chi connectivity index (χ0v) is 18.2. The van der Waals surface area contributed by atoms with E-state index in [9.17, 15) is 4.79 Å². The molecule has 0 radical (unpaired) electrons. The van der Waals surface area contributed by atoms with Gasteiger partial charge in [-0.05, 0) is 26.2 Å². The molecule has 3 heteroatoms. The summed E-state index contributed by atoms with van der Waals surface area (Å²) in [6.07, 6.45) is 13.4. The summed E-state index contributed by atoms with van der Waals surface area (Å²) in [6.45, 7) is 8.55. The van der Waals surface area contributed by atoms with Crippen molar-refractivity contribution in [3.8, 4) is 0 Å². The van der Waals surface area contributed by atoms with Gasteiger partial charge in [0.05, 0.1) is 18.5 Å². The van der Waals surface area contributed by atoms with E-state index in [4.69, 9.17) is 0 Å². The summed E-state index contributed by atoms with van der Waals surface area (Å²) in [4.78, 5) is 12.0. The number of carbonyl (C=O) groups excluding carboxylic acids is 1. The number of allylic oxidation sites excluding steroid dienone is 1. The highest BCUT2D eigenvalue weighted by molar-refractivity contribution is 7.85. The van der Waals surface area contributed by atoms with Gasteiger partial charge in [-0.15, -0.1) is 0 Å². The fourth-order valence-electron chi connectivity index (χ4n) is 3.37. The highest BCUT2D eigenvalue weighted by atomic mass is 35.5. The Morgan fingerprint density at radius 2 is 1.32 bits per heavy atom. The van der Waals surface area contributed by atoms with Crippen molar-refractivity contribution in [1.29, 1.82) is 0 Å². The Kier molecular flexibility index (Phi) is 13.2. The first kappa shape index (κ1) is 24.4. The Balaban J connectivity index is 0.00000576. The summed E-state index contributed by atoms with van der Waals surface area (Å²) in [6, 6.07) is 10.7. The molecule has 0 bridgehead atoms. The van der Waals surface area contributed by atoms with Gasteiger partial charge in [0.1, 0.15) is 5.31 Å². The lowest BCUT2D eigenvalue weighted by Gasteiger charge is -2.30. The van der Waals surface area contributed by atoms with Crippen molar-refractivity contribution >= 4 is 18.4 Å². The fraction of sp³-hybridized carbons (Fsp3) is 0.591. The minimum absolute atomic E-state index is 0. The van der Waals surface area contributed by atoms with E-state index in [0.717, 1.165) is 0 Å². The molecule has 0 aliphatic rings. The van der Waals surface area contributed by atoms with Crippen molar-refractivity contribution in [3.63, 3.8) is 0 Å². The van der Waals surface area contributed by atoms with Crippen LogP contribution in [0.5, 0.6) is 0 Å². The van der Waals surface area contributed by atoms with E-state index in [1.165, 1.54) is 67.9 Å². The van der Waals surface area contributed by atoms with Crippen molar-refractivity contribution in [2.75, 3.05) is 18.5 Å². The molecule has 1 aromatic carbocycles. The van der Waals surface area contributed by atoms with Gasteiger partial charge >= 0.3 is 0 Å². The second-order valence-corrected chi connectivity index (χ2v) is 11.0. The van der Waals surface area contributed by atoms with Crippen LogP contribution in [-0.2, 0) is 4.79 Å². The van der Waals surface area contributed by atoms with Gasteiger partial charge in [-0.3, -0.25) is 4.79 Å². The molecule has 142 valence electrons. The molecule has 0 aromatic heterocycles. The highest BCUT2D eigenvalue weighted by Gasteiger charge is 2.41. The van der Waals surface area contributed by atoms with E-state index < -0.39 is 7.26 Å². The molecular weight excluding hydrogens is 347 g/mol. The first-order valence-corrected chi connectivity index (χ1v) is 12.1. The van der Waals surface area contributed by atoms with Gasteiger partial charge in [0, 0.05) is 18.9 Å². The quantitative estimate of drug-likeness (QED) is 0.394. The second-order valence-electron chi connectivity index (χ2n) is 6.88. The second kappa shape index (κ2) is 13.5. The monoisotopic (exact) mass is 382 g/mol. The van der Waals surface area contributed by atoms with Crippen LogP contribution in [0.2, 0.25) is 0 Å². The van der Waals surface area contributed by atoms with Crippen LogP contribution < -0.4 is 12.4 Å². The molecule has 1 nitrogen and oxygen atoms in total. The van der Waals surface area contributed by atoms with E-state index in [0.29, 0.717) is 0 Å². The molecule has 25 heavy (non-hydrogen) atoms. The number of ketones is 1. The molecule has 0 N–H and O–H groups in total. The predicted molar refractivity (Wildman–Crippen MR) is 111 cm³/mol. The topological polar surface area (TPSA) is 17.1 Å². The van der Waals surface area contributed by atoms with Crippen LogP contribution in [0.4, 0.5) is 0 Å². The van der Waals surface area contributed by atoms with E-state index in [1.807, 2.05) is 6.08 Å². The van der Waals surface area contributed by atoms with Crippen molar-refractivity contribution in [2.45, 2.75) is 66.2 Å². The Labute approximate surface area is 162 Å². The van der Waals surface area contributed by atoms with Gasteiger partial charge in [-0.2, -0.15) is 0 Å². The molecule has 0 spiro atoms. The minimum Gasteiger partial charge on any atom is -1.00 e. The lowest BCUT2D eigenvalue weighted by Crippen LogP contribution is -3.00. The average molecular weight is 383 g/mol. The van der Waals surface area contributed by atoms with E-state index in [-0.39, 0.29) is 18.2 Å². The third-order valence-corrected chi connectivity index (χ3v) is 9.67. The van der Waals surface area contributed by atoms with Crippen molar-refractivity contribution in [1.82, 2.24) is 0 Å². The normalized spacial score (nSPS) is 11.9. The highest BCUT2D eigenvalue weighted by Crippen LogP contribution is 2.70. The van der Waals surface area contributed by atoms with Gasteiger partial charge in [-0.25, -0.2) is 0 Å². The predicted octanol–water partition coefficient (Wildman–Crippen LogP) is 4.04. The lowest BCUT2D eigenvalue weighted by atomic mass is 10.2. The van der Waals surface area contributed by atoms with E-state index in [1.54, 1.807) is 6.92 Å². The molecule has 0 atom stereocenters. The van der Waals surface area contributed by atoms with Crippen LogP contribution >= 0.6 is 7.26 Å². The molecule has 1 rings (SSSR count). The van der Waals surface area contributed by atoms with Gasteiger partial charge in [-0.1, -0.05) is 70.4 Å². The van der Waals surface area contributed by atoms with Crippen LogP contribution in [0.15, 0.2) is 36.4 Å². The maximum absolute atomic E-state index is 12.0. The number of halogens is 1. The lowest BCUT2D eigenvalue weighted by molar-refractivity contribution is -0.112. The molecule has 0 aliphatic carbocycles. The standard InChI is InChI=1S/C22H36OP.ClH/c1-5-8-16-24(17-9-6-2,18-10-7-3)22(19-20(4)23)21-14-12-11-13-15-21;/h11-15,19H,5-10,16-18H2,1-4H3;1H/q+1;/p-1. The molecule has 0 saturated carbocycles. The largest absolute Gasteiger partial charge is 1.00 e. The van der Waals surface area contributed by atoms with Crippen LogP contribution in [0, 0.1) is 0 Å². The molecule has 0 fully saturated rings. The number of rotatable bonds is 12. The molecule has 0 aliphatic heterocycles. The summed E-state index contributed by atoms with van der Waals surface area (Å²) in [5.74, 6) is 0.197. The summed E-state index contributed by atoms with van der Waals surface area (Å²) >= 11 is 0. The van der Waals surface area contributed by atoms with Crippen LogP contribution in [0.1, 0.15) is 71.8 Å².